The van der Waals surface area contributed by atoms with E-state index in [1.54, 1.807) is 17.0 Å². The second-order valence-electron chi connectivity index (χ2n) is 7.38. The Kier molecular flexibility index (Phi) is 6.04. The Labute approximate surface area is 183 Å². The predicted molar refractivity (Wildman–Crippen MR) is 114 cm³/mol. The molecule has 0 aliphatic carbocycles. The number of thiazole rings is 1. The van der Waals surface area contributed by atoms with Crippen LogP contribution in [0.25, 0.3) is 11.3 Å². The van der Waals surface area contributed by atoms with E-state index in [0.29, 0.717) is 18.7 Å². The van der Waals surface area contributed by atoms with E-state index in [9.17, 15) is 9.59 Å². The van der Waals surface area contributed by atoms with Crippen molar-refractivity contribution in [2.45, 2.75) is 32.4 Å². The molecule has 0 unspecified atom stereocenters. The van der Waals surface area contributed by atoms with Gasteiger partial charge in [-0.15, -0.1) is 11.3 Å². The van der Waals surface area contributed by atoms with Crippen molar-refractivity contribution in [1.29, 1.82) is 5.26 Å². The minimum Gasteiger partial charge on any atom is -0.349 e. The van der Waals surface area contributed by atoms with E-state index in [-0.39, 0.29) is 29.5 Å². The summed E-state index contributed by atoms with van der Waals surface area (Å²) < 4.78 is 0. The Balaban J connectivity index is 1.36. The van der Waals surface area contributed by atoms with E-state index in [2.05, 4.69) is 31.8 Å². The van der Waals surface area contributed by atoms with Crippen LogP contribution < -0.4 is 5.32 Å². The number of aromatic amines is 1. The highest BCUT2D eigenvalue weighted by Crippen LogP contribution is 2.26. The fraction of sp³-hybridized carbons (Fsp3) is 0.333. The maximum Gasteiger partial charge on any atom is 0.276 e. The summed E-state index contributed by atoms with van der Waals surface area (Å²) in [6.07, 6.45) is 2.88. The average Bonchev–Trinajstić information content (AvgIpc) is 3.50. The van der Waals surface area contributed by atoms with Crippen LogP contribution in [0, 0.1) is 17.2 Å². The number of piperidine rings is 1. The van der Waals surface area contributed by atoms with E-state index in [1.165, 1.54) is 17.5 Å². The lowest BCUT2D eigenvalue weighted by Gasteiger charge is -2.38. The van der Waals surface area contributed by atoms with Gasteiger partial charge in [0.1, 0.15) is 5.01 Å². The second-order valence-corrected chi connectivity index (χ2v) is 8.32. The molecule has 1 saturated heterocycles. The van der Waals surface area contributed by atoms with Crippen molar-refractivity contribution in [3.05, 3.63) is 52.1 Å². The maximum atomic E-state index is 12.8. The number of aromatic nitrogens is 4. The molecule has 1 aromatic carbocycles. The van der Waals surface area contributed by atoms with Gasteiger partial charge in [-0.2, -0.15) is 20.7 Å². The van der Waals surface area contributed by atoms with Crippen LogP contribution in [0.4, 0.5) is 0 Å². The van der Waals surface area contributed by atoms with Gasteiger partial charge < -0.3 is 10.2 Å². The van der Waals surface area contributed by atoms with Gasteiger partial charge in [0.25, 0.3) is 5.91 Å². The highest BCUT2D eigenvalue weighted by molar-refractivity contribution is 7.09. The summed E-state index contributed by atoms with van der Waals surface area (Å²) in [4.78, 5) is 31.8. The lowest BCUT2D eigenvalue weighted by Crippen LogP contribution is -2.51. The summed E-state index contributed by atoms with van der Waals surface area (Å²) in [5, 5.41) is 24.6. The number of amides is 2. The molecule has 1 fully saturated rings. The zero-order valence-electron chi connectivity index (χ0n) is 16.9. The number of hydrogen-bond acceptors (Lipinski definition) is 7. The standard InChI is InChI=1S/C21H21N7O2S/c1-13-16(3-2-8-28(13)21(30)17-10-24-27-26-17)20(29)23-11-19-25-18(12-31-19)15-6-4-14(9-22)5-7-15/h4-7,10,12-13,16H,2-3,8,11H2,1H3,(H,23,29)(H,24,26,27)/t13-,16-/m0/s1. The van der Waals surface area contributed by atoms with Crippen molar-refractivity contribution in [1.82, 2.24) is 30.6 Å². The van der Waals surface area contributed by atoms with E-state index in [1.807, 2.05) is 24.4 Å². The van der Waals surface area contributed by atoms with Gasteiger partial charge in [0.2, 0.25) is 5.91 Å². The average molecular weight is 436 g/mol. The summed E-state index contributed by atoms with van der Waals surface area (Å²) in [6.45, 7) is 2.82. The molecule has 9 nitrogen and oxygen atoms in total. The first kappa shape index (κ1) is 20.7. The molecule has 3 aromatic rings. The van der Waals surface area contributed by atoms with Gasteiger partial charge in [-0.1, -0.05) is 12.1 Å². The zero-order valence-corrected chi connectivity index (χ0v) is 17.7. The Morgan fingerprint density at radius 1 is 1.35 bits per heavy atom. The Hall–Kier alpha value is -3.58. The summed E-state index contributed by atoms with van der Waals surface area (Å²) >= 11 is 1.47. The molecule has 158 valence electrons. The van der Waals surface area contributed by atoms with Gasteiger partial charge in [-0.25, -0.2) is 4.98 Å². The van der Waals surface area contributed by atoms with Crippen LogP contribution in [-0.2, 0) is 11.3 Å². The van der Waals surface area contributed by atoms with Gasteiger partial charge in [0, 0.05) is 23.5 Å². The van der Waals surface area contributed by atoms with Crippen molar-refractivity contribution >= 4 is 23.2 Å². The van der Waals surface area contributed by atoms with Gasteiger partial charge in [0.15, 0.2) is 5.69 Å². The third-order valence-corrected chi connectivity index (χ3v) is 6.34. The molecule has 2 aromatic heterocycles. The molecular weight excluding hydrogens is 414 g/mol. The molecule has 2 amide bonds. The minimum atomic E-state index is -0.289. The van der Waals surface area contributed by atoms with Crippen LogP contribution in [0.5, 0.6) is 0 Å². The molecule has 0 radical (unpaired) electrons. The normalized spacial score (nSPS) is 18.4. The van der Waals surface area contributed by atoms with Crippen LogP contribution in [0.2, 0.25) is 0 Å². The number of carbonyl (C=O) groups excluding carboxylic acids is 2. The van der Waals surface area contributed by atoms with Gasteiger partial charge in [0.05, 0.1) is 36.0 Å². The first-order valence-electron chi connectivity index (χ1n) is 9.96. The van der Waals surface area contributed by atoms with Crippen molar-refractivity contribution in [3.8, 4) is 17.3 Å². The monoisotopic (exact) mass is 435 g/mol. The first-order valence-corrected chi connectivity index (χ1v) is 10.8. The molecular formula is C21H21N7O2S. The number of benzene rings is 1. The topological polar surface area (TPSA) is 128 Å². The smallest absolute Gasteiger partial charge is 0.276 e. The number of rotatable bonds is 5. The SMILES string of the molecule is C[C@H]1[C@@H](C(=O)NCc2nc(-c3ccc(C#N)cc3)cs2)CCCN1C(=O)c1cn[nH]n1. The van der Waals surface area contributed by atoms with Crippen LogP contribution in [-0.4, -0.2) is 49.7 Å². The number of nitriles is 1. The highest BCUT2D eigenvalue weighted by Gasteiger charge is 2.36. The number of nitrogens with zero attached hydrogens (tertiary/aromatic N) is 5. The van der Waals surface area contributed by atoms with E-state index < -0.39 is 0 Å². The Bertz CT molecular complexity index is 1100. The Morgan fingerprint density at radius 3 is 2.87 bits per heavy atom. The number of H-pyrrole nitrogens is 1. The highest BCUT2D eigenvalue weighted by atomic mass is 32.1. The zero-order chi connectivity index (χ0) is 21.8. The molecule has 1 aliphatic rings. The van der Waals surface area contributed by atoms with Crippen molar-refractivity contribution in [2.24, 2.45) is 5.92 Å². The molecule has 2 atom stereocenters. The second kappa shape index (κ2) is 9.06. The molecule has 4 rings (SSSR count). The fourth-order valence-electron chi connectivity index (χ4n) is 3.77. The molecule has 0 saturated carbocycles. The first-order chi connectivity index (χ1) is 15.1. The third-order valence-electron chi connectivity index (χ3n) is 5.50. The number of hydrogen-bond donors (Lipinski definition) is 2. The number of carbonyl (C=O) groups is 2. The van der Waals surface area contributed by atoms with Crippen molar-refractivity contribution in [2.75, 3.05) is 6.54 Å². The lowest BCUT2D eigenvalue weighted by atomic mass is 9.89. The van der Waals surface area contributed by atoms with Gasteiger partial charge in [-0.05, 0) is 31.9 Å². The van der Waals surface area contributed by atoms with Gasteiger partial charge >= 0.3 is 0 Å². The predicted octanol–water partition coefficient (Wildman–Crippen LogP) is 2.36. The largest absolute Gasteiger partial charge is 0.349 e. The quantitative estimate of drug-likeness (QED) is 0.633. The fourth-order valence-corrected chi connectivity index (χ4v) is 4.51. The molecule has 10 heteroatoms. The Morgan fingerprint density at radius 2 is 2.16 bits per heavy atom. The lowest BCUT2D eigenvalue weighted by molar-refractivity contribution is -0.128. The van der Waals surface area contributed by atoms with Crippen molar-refractivity contribution in [3.63, 3.8) is 0 Å². The third kappa shape index (κ3) is 4.46. The molecule has 31 heavy (non-hydrogen) atoms. The van der Waals surface area contributed by atoms with E-state index in [0.717, 1.165) is 29.1 Å². The number of likely N-dealkylation sites (tertiary alicyclic amines) is 1. The maximum absolute atomic E-state index is 12.8. The van der Waals surface area contributed by atoms with Crippen LogP contribution in [0.1, 0.15) is 40.8 Å². The summed E-state index contributed by atoms with van der Waals surface area (Å²) in [5.74, 6) is -0.589. The molecule has 0 bridgehead atoms. The number of nitrogens with one attached hydrogen (secondary N) is 2. The summed E-state index contributed by atoms with van der Waals surface area (Å²) in [7, 11) is 0. The molecule has 2 N–H and O–H groups in total. The summed E-state index contributed by atoms with van der Waals surface area (Å²) in [6, 6.07) is 9.10. The molecule has 0 spiro atoms. The summed E-state index contributed by atoms with van der Waals surface area (Å²) in [5.41, 5.74) is 2.60. The van der Waals surface area contributed by atoms with E-state index in [4.69, 9.17) is 5.26 Å². The van der Waals surface area contributed by atoms with Crippen molar-refractivity contribution < 1.29 is 9.59 Å². The van der Waals surface area contributed by atoms with E-state index >= 15 is 0 Å². The molecule has 3 heterocycles. The van der Waals surface area contributed by atoms with Crippen LogP contribution in [0.3, 0.4) is 0 Å². The van der Waals surface area contributed by atoms with Crippen LogP contribution >= 0.6 is 11.3 Å². The minimum absolute atomic E-state index is 0.0831. The van der Waals surface area contributed by atoms with Crippen LogP contribution in [0.15, 0.2) is 35.8 Å². The molecule has 1 aliphatic heterocycles. The van der Waals surface area contributed by atoms with Gasteiger partial charge in [-0.3, -0.25) is 9.59 Å².